The molecule has 3 rings (SSSR count). The number of aromatic hydroxyl groups is 1. The van der Waals surface area contributed by atoms with E-state index in [-0.39, 0.29) is 17.6 Å². The Kier molecular flexibility index (Phi) is 9.49. The minimum Gasteiger partial charge on any atom is -0.493 e. The Balaban J connectivity index is 1.79. The molecule has 0 aromatic carbocycles. The summed E-state index contributed by atoms with van der Waals surface area (Å²) < 4.78 is 31.3. The van der Waals surface area contributed by atoms with Crippen molar-refractivity contribution in [2.24, 2.45) is 0 Å². The zero-order valence-corrected chi connectivity index (χ0v) is 22.7. The molecule has 2 aromatic heterocycles. The van der Waals surface area contributed by atoms with Gasteiger partial charge in [-0.15, -0.1) is 0 Å². The minimum absolute atomic E-state index is 0.0369. The van der Waals surface area contributed by atoms with Gasteiger partial charge in [0.15, 0.2) is 12.5 Å². The molecule has 0 amide bonds. The number of hydrogen-bond donors (Lipinski definition) is 8. The lowest BCUT2D eigenvalue weighted by atomic mass is 9.96. The van der Waals surface area contributed by atoms with Crippen LogP contribution in [-0.4, -0.2) is 82.8 Å². The van der Waals surface area contributed by atoms with Crippen molar-refractivity contribution in [3.8, 4) is 5.88 Å². The van der Waals surface area contributed by atoms with Crippen LogP contribution in [0, 0.1) is 0 Å². The van der Waals surface area contributed by atoms with E-state index in [9.17, 15) is 39.4 Å². The van der Waals surface area contributed by atoms with Crippen LogP contribution in [0.4, 0.5) is 0 Å². The molecule has 1 aliphatic rings. The highest BCUT2D eigenvalue weighted by Gasteiger charge is 2.54. The fourth-order valence-electron chi connectivity index (χ4n) is 3.65. The number of imidazole rings is 1. The van der Waals surface area contributed by atoms with Gasteiger partial charge in [0.2, 0.25) is 5.88 Å². The smallest absolute Gasteiger partial charge is 0.330 e. The Hall–Kier alpha value is -2.21. The van der Waals surface area contributed by atoms with E-state index < -0.39 is 72.5 Å². The van der Waals surface area contributed by atoms with Crippen molar-refractivity contribution in [3.63, 3.8) is 0 Å². The number of nitrogens with one attached hydrogen (secondary N) is 4. The molecule has 0 bridgehead atoms. The monoisotopic (exact) mass is 581 g/mol. The SMILES string of the molecule is CC(C)OC(O)C(C)NP(=O)(OCC1OC(n2ccc(=O)[nH]c2=O)C(C)(O)C1O)SCc1[nH]c(=O)[nH]c1O. The van der Waals surface area contributed by atoms with E-state index >= 15 is 0 Å². The van der Waals surface area contributed by atoms with E-state index in [2.05, 4.69) is 15.1 Å². The molecule has 0 spiro atoms. The number of aliphatic hydroxyl groups excluding tert-OH is 2. The highest BCUT2D eigenvalue weighted by Crippen LogP contribution is 2.58. The Morgan fingerprint density at radius 1 is 1.26 bits per heavy atom. The number of nitrogens with zero attached hydrogens (tertiary/aromatic N) is 1. The molecule has 0 radical (unpaired) electrons. The molecule has 1 aliphatic heterocycles. The van der Waals surface area contributed by atoms with Crippen molar-refractivity contribution < 1.29 is 39.0 Å². The molecule has 8 N–H and O–H groups in total. The predicted molar refractivity (Wildman–Crippen MR) is 135 cm³/mol. The van der Waals surface area contributed by atoms with Crippen molar-refractivity contribution in [2.45, 2.75) is 75.9 Å². The number of hydrogen-bond acceptors (Lipinski definition) is 12. The summed E-state index contributed by atoms with van der Waals surface area (Å²) in [5.41, 5.74) is -4.20. The van der Waals surface area contributed by atoms with E-state index in [1.807, 2.05) is 4.98 Å². The predicted octanol–water partition coefficient (Wildman–Crippen LogP) is -0.952. The van der Waals surface area contributed by atoms with Crippen molar-refractivity contribution in [2.75, 3.05) is 6.61 Å². The Morgan fingerprint density at radius 3 is 2.53 bits per heavy atom. The number of ether oxygens (including phenoxy) is 2. The summed E-state index contributed by atoms with van der Waals surface area (Å²) in [6.45, 7) is 1.57. The molecule has 7 unspecified atom stereocenters. The van der Waals surface area contributed by atoms with Gasteiger partial charge in [-0.1, -0.05) is 0 Å². The summed E-state index contributed by atoms with van der Waals surface area (Å²) in [5.74, 6) is -0.644. The zero-order chi connectivity index (χ0) is 28.4. The maximum Gasteiger partial charge on any atom is 0.330 e. The van der Waals surface area contributed by atoms with Gasteiger partial charge in [0.05, 0.1) is 24.4 Å². The van der Waals surface area contributed by atoms with Crippen molar-refractivity contribution >= 4 is 18.1 Å². The first-order valence-corrected chi connectivity index (χ1v) is 14.7. The fourth-order valence-corrected chi connectivity index (χ4v) is 7.37. The third kappa shape index (κ3) is 7.05. The van der Waals surface area contributed by atoms with Gasteiger partial charge >= 0.3 is 18.1 Å². The standard InChI is InChI=1S/C20H32N5O11PS/c1-9(2)35-16(29)10(3)24-37(33,38-8-11-15(28)23-18(30)21-11)34-7-12-14(27)20(4,32)17(36-12)25-6-5-13(26)22-19(25)31/h5-6,9-10,12,14,16-17,27-29,32H,7-8H2,1-4H3,(H,24,33)(H2,21,23,30)(H,22,26,31). The van der Waals surface area contributed by atoms with Gasteiger partial charge in [0.25, 0.3) is 5.56 Å². The first-order valence-electron chi connectivity index (χ1n) is 11.5. The molecule has 7 atom stereocenters. The van der Waals surface area contributed by atoms with Crippen molar-refractivity contribution in [3.05, 3.63) is 49.3 Å². The molecule has 38 heavy (non-hydrogen) atoms. The van der Waals surface area contributed by atoms with Gasteiger partial charge in [-0.2, -0.15) is 0 Å². The van der Waals surface area contributed by atoms with Crippen LogP contribution in [-0.2, 0) is 24.3 Å². The number of H-pyrrole nitrogens is 3. The normalized spacial score (nSPS) is 26.9. The van der Waals surface area contributed by atoms with E-state index in [1.54, 1.807) is 13.8 Å². The van der Waals surface area contributed by atoms with Gasteiger partial charge in [0.1, 0.15) is 17.8 Å². The molecule has 1 saturated heterocycles. The van der Waals surface area contributed by atoms with Crippen molar-refractivity contribution in [1.82, 2.24) is 24.6 Å². The molecule has 3 heterocycles. The van der Waals surface area contributed by atoms with Crippen LogP contribution >= 0.6 is 18.1 Å². The molecule has 0 aliphatic carbocycles. The molecular formula is C20H32N5O11PS. The summed E-state index contributed by atoms with van der Waals surface area (Å²) in [7, 11) is 0. The van der Waals surface area contributed by atoms with Crippen LogP contribution in [0.25, 0.3) is 0 Å². The second-order valence-corrected chi connectivity index (χ2v) is 13.5. The average Bonchev–Trinajstić information content (AvgIpc) is 3.25. The second-order valence-electron chi connectivity index (χ2n) is 9.18. The van der Waals surface area contributed by atoms with Gasteiger partial charge in [-0.3, -0.25) is 23.9 Å². The molecule has 1 fully saturated rings. The average molecular weight is 582 g/mol. The van der Waals surface area contributed by atoms with E-state index in [4.69, 9.17) is 14.0 Å². The third-order valence-electron chi connectivity index (χ3n) is 5.63. The molecular weight excluding hydrogens is 549 g/mol. The lowest BCUT2D eigenvalue weighted by Crippen LogP contribution is -2.47. The van der Waals surface area contributed by atoms with Crippen LogP contribution < -0.4 is 22.0 Å². The van der Waals surface area contributed by atoms with Gasteiger partial charge in [-0.25, -0.2) is 14.7 Å². The summed E-state index contributed by atoms with van der Waals surface area (Å²) in [6.07, 6.45) is -4.93. The summed E-state index contributed by atoms with van der Waals surface area (Å²) >= 11 is 0.666. The van der Waals surface area contributed by atoms with Crippen LogP contribution in [0.3, 0.4) is 0 Å². The summed E-state index contributed by atoms with van der Waals surface area (Å²) in [6, 6.07) is 0.123. The molecule has 214 valence electrons. The Morgan fingerprint density at radius 2 is 1.95 bits per heavy atom. The molecule has 2 aromatic rings. The van der Waals surface area contributed by atoms with Gasteiger partial charge in [-0.05, 0) is 39.1 Å². The maximum absolute atomic E-state index is 13.8. The summed E-state index contributed by atoms with van der Waals surface area (Å²) in [5, 5.41) is 44.3. The van der Waals surface area contributed by atoms with Crippen LogP contribution in [0.2, 0.25) is 0 Å². The topological polar surface area (TPSA) is 241 Å². The first-order chi connectivity index (χ1) is 17.6. The summed E-state index contributed by atoms with van der Waals surface area (Å²) in [4.78, 5) is 41.6. The zero-order valence-electron chi connectivity index (χ0n) is 21.0. The highest BCUT2D eigenvalue weighted by atomic mass is 32.7. The Bertz CT molecular complexity index is 1320. The van der Waals surface area contributed by atoms with Crippen LogP contribution in [0.1, 0.15) is 39.6 Å². The number of aromatic nitrogens is 4. The Labute approximate surface area is 219 Å². The lowest BCUT2D eigenvalue weighted by molar-refractivity contribution is -0.137. The molecule has 0 saturated carbocycles. The van der Waals surface area contributed by atoms with Gasteiger partial charge < -0.3 is 39.4 Å². The van der Waals surface area contributed by atoms with Crippen molar-refractivity contribution in [1.29, 1.82) is 0 Å². The quantitative estimate of drug-likeness (QED) is 0.111. The number of aliphatic hydroxyl groups is 3. The van der Waals surface area contributed by atoms with E-state index in [0.29, 0.717) is 11.4 Å². The largest absolute Gasteiger partial charge is 0.493 e. The van der Waals surface area contributed by atoms with E-state index in [0.717, 1.165) is 16.8 Å². The maximum atomic E-state index is 13.8. The van der Waals surface area contributed by atoms with Crippen LogP contribution in [0.5, 0.6) is 5.88 Å². The highest BCUT2D eigenvalue weighted by molar-refractivity contribution is 8.55. The number of aromatic amines is 3. The van der Waals surface area contributed by atoms with Crippen LogP contribution in [0.15, 0.2) is 26.6 Å². The molecule has 16 nitrogen and oxygen atoms in total. The fraction of sp³-hybridized carbons (Fsp3) is 0.650. The minimum atomic E-state index is -3.99. The number of rotatable bonds is 12. The van der Waals surface area contributed by atoms with Gasteiger partial charge in [0, 0.05) is 18.0 Å². The second kappa shape index (κ2) is 11.9. The lowest BCUT2D eigenvalue weighted by Gasteiger charge is -2.28. The first kappa shape index (κ1) is 30.3. The molecule has 18 heteroatoms. The van der Waals surface area contributed by atoms with E-state index in [1.165, 1.54) is 13.8 Å². The third-order valence-corrected chi connectivity index (χ3v) is 9.64.